The average molecular weight is 220 g/mol. The first-order chi connectivity index (χ1) is 7.24. The van der Waals surface area contributed by atoms with Crippen molar-refractivity contribution in [1.82, 2.24) is 5.32 Å². The molecule has 1 heterocycles. The van der Waals surface area contributed by atoms with E-state index >= 15 is 0 Å². The Bertz CT molecular complexity index is 492. The van der Waals surface area contributed by atoms with E-state index in [1.54, 1.807) is 18.4 Å². The average Bonchev–Trinajstić information content (AvgIpc) is 2.70. The van der Waals surface area contributed by atoms with E-state index in [1.165, 1.54) is 0 Å². The topological polar surface area (TPSA) is 55.1 Å². The number of hydrogen-bond acceptors (Lipinski definition) is 3. The van der Waals surface area contributed by atoms with Gasteiger partial charge in [0.15, 0.2) is 0 Å². The van der Waals surface area contributed by atoms with Crippen molar-refractivity contribution in [3.8, 4) is 0 Å². The van der Waals surface area contributed by atoms with Crippen molar-refractivity contribution in [3.63, 3.8) is 0 Å². The number of amides is 1. The van der Waals surface area contributed by atoms with Crippen LogP contribution in [-0.4, -0.2) is 13.0 Å². The zero-order chi connectivity index (χ0) is 10.8. The van der Waals surface area contributed by atoms with Gasteiger partial charge in [-0.05, 0) is 22.4 Å². The third-order valence-electron chi connectivity index (χ3n) is 2.37. The minimum Gasteiger partial charge on any atom is -0.358 e. The van der Waals surface area contributed by atoms with Crippen molar-refractivity contribution in [2.24, 2.45) is 5.73 Å². The standard InChI is InChI=1S/C11H12N2OS/c1-13-11(14)10(12)8-6-15-9-5-3-2-4-7(8)9/h2-6,10H,12H2,1H3,(H,13,14). The Hall–Kier alpha value is -1.39. The minimum atomic E-state index is -0.578. The quantitative estimate of drug-likeness (QED) is 0.808. The summed E-state index contributed by atoms with van der Waals surface area (Å²) >= 11 is 1.61. The van der Waals surface area contributed by atoms with E-state index in [2.05, 4.69) is 5.32 Å². The van der Waals surface area contributed by atoms with E-state index in [9.17, 15) is 4.79 Å². The Kier molecular flexibility index (Phi) is 2.70. The highest BCUT2D eigenvalue weighted by Gasteiger charge is 2.17. The van der Waals surface area contributed by atoms with E-state index in [4.69, 9.17) is 5.73 Å². The lowest BCUT2D eigenvalue weighted by atomic mass is 10.1. The molecule has 0 bridgehead atoms. The molecule has 0 radical (unpaired) electrons. The van der Waals surface area contributed by atoms with Gasteiger partial charge in [0, 0.05) is 11.7 Å². The summed E-state index contributed by atoms with van der Waals surface area (Å²) in [5.41, 5.74) is 6.75. The first kappa shape index (κ1) is 10.1. The molecule has 78 valence electrons. The monoisotopic (exact) mass is 220 g/mol. The summed E-state index contributed by atoms with van der Waals surface area (Å²) in [6.45, 7) is 0. The molecule has 0 spiro atoms. The van der Waals surface area contributed by atoms with Crippen LogP contribution in [0.15, 0.2) is 29.6 Å². The van der Waals surface area contributed by atoms with Crippen molar-refractivity contribution in [3.05, 3.63) is 35.2 Å². The van der Waals surface area contributed by atoms with Crippen molar-refractivity contribution < 1.29 is 4.79 Å². The molecule has 0 aliphatic rings. The van der Waals surface area contributed by atoms with Gasteiger partial charge in [0.05, 0.1) is 0 Å². The van der Waals surface area contributed by atoms with Crippen LogP contribution in [0.5, 0.6) is 0 Å². The van der Waals surface area contributed by atoms with Crippen LogP contribution in [0.25, 0.3) is 10.1 Å². The molecule has 2 aromatic rings. The van der Waals surface area contributed by atoms with E-state index in [-0.39, 0.29) is 5.91 Å². The summed E-state index contributed by atoms with van der Waals surface area (Å²) < 4.78 is 1.16. The number of benzene rings is 1. The summed E-state index contributed by atoms with van der Waals surface area (Å²) in [5, 5.41) is 5.58. The Morgan fingerprint density at radius 1 is 1.47 bits per heavy atom. The molecule has 1 amide bonds. The molecule has 3 N–H and O–H groups in total. The molecule has 15 heavy (non-hydrogen) atoms. The highest BCUT2D eigenvalue weighted by atomic mass is 32.1. The molecule has 1 aromatic heterocycles. The summed E-state index contributed by atoms with van der Waals surface area (Å²) in [5.74, 6) is -0.154. The molecule has 4 heteroatoms. The number of fused-ring (bicyclic) bond motifs is 1. The fraction of sp³-hybridized carbons (Fsp3) is 0.182. The smallest absolute Gasteiger partial charge is 0.241 e. The van der Waals surface area contributed by atoms with Crippen molar-refractivity contribution >= 4 is 27.3 Å². The van der Waals surface area contributed by atoms with Crippen LogP contribution < -0.4 is 11.1 Å². The number of likely N-dealkylation sites (N-methyl/N-ethyl adjacent to an activating group) is 1. The molecule has 3 nitrogen and oxygen atoms in total. The molecule has 0 aliphatic carbocycles. The highest BCUT2D eigenvalue weighted by Crippen LogP contribution is 2.29. The second kappa shape index (κ2) is 4.00. The van der Waals surface area contributed by atoms with Gasteiger partial charge in [0.2, 0.25) is 5.91 Å². The Balaban J connectivity index is 2.48. The predicted molar refractivity (Wildman–Crippen MR) is 62.8 cm³/mol. The molecular formula is C11H12N2OS. The SMILES string of the molecule is CNC(=O)C(N)c1csc2ccccc12. The van der Waals surface area contributed by atoms with E-state index in [0.717, 1.165) is 15.6 Å². The van der Waals surface area contributed by atoms with Crippen LogP contribution in [0.3, 0.4) is 0 Å². The second-order valence-corrected chi connectivity index (χ2v) is 4.19. The van der Waals surface area contributed by atoms with Gasteiger partial charge >= 0.3 is 0 Å². The number of thiophene rings is 1. The molecule has 1 atom stereocenters. The fourth-order valence-electron chi connectivity index (χ4n) is 1.54. The normalized spacial score (nSPS) is 12.7. The molecule has 0 fully saturated rings. The lowest BCUT2D eigenvalue weighted by Gasteiger charge is -2.08. The van der Waals surface area contributed by atoms with Crippen LogP contribution in [0.4, 0.5) is 0 Å². The molecular weight excluding hydrogens is 208 g/mol. The maximum Gasteiger partial charge on any atom is 0.241 e. The number of carbonyl (C=O) groups is 1. The summed E-state index contributed by atoms with van der Waals surface area (Å²) in [4.78, 5) is 11.4. The maximum absolute atomic E-state index is 11.4. The summed E-state index contributed by atoms with van der Waals surface area (Å²) in [7, 11) is 1.59. The number of nitrogens with two attached hydrogens (primary N) is 1. The molecule has 0 saturated heterocycles. The number of nitrogens with one attached hydrogen (secondary N) is 1. The maximum atomic E-state index is 11.4. The van der Waals surface area contributed by atoms with Gasteiger partial charge in [-0.3, -0.25) is 4.79 Å². The Morgan fingerprint density at radius 3 is 2.93 bits per heavy atom. The zero-order valence-electron chi connectivity index (χ0n) is 8.36. The molecule has 0 aliphatic heterocycles. The third-order valence-corrected chi connectivity index (χ3v) is 3.36. The summed E-state index contributed by atoms with van der Waals surface area (Å²) in [6.07, 6.45) is 0. The van der Waals surface area contributed by atoms with Crippen molar-refractivity contribution in [1.29, 1.82) is 0 Å². The van der Waals surface area contributed by atoms with Crippen molar-refractivity contribution in [2.75, 3.05) is 7.05 Å². The number of hydrogen-bond donors (Lipinski definition) is 2. The van der Waals surface area contributed by atoms with Crippen LogP contribution in [0.2, 0.25) is 0 Å². The van der Waals surface area contributed by atoms with Crippen molar-refractivity contribution in [2.45, 2.75) is 6.04 Å². The fourth-order valence-corrected chi connectivity index (χ4v) is 2.53. The van der Waals surface area contributed by atoms with Crippen LogP contribution in [-0.2, 0) is 4.79 Å². The van der Waals surface area contributed by atoms with Gasteiger partial charge in [0.1, 0.15) is 6.04 Å². The summed E-state index contributed by atoms with van der Waals surface area (Å²) in [6, 6.07) is 7.37. The number of carbonyl (C=O) groups excluding carboxylic acids is 1. The largest absolute Gasteiger partial charge is 0.358 e. The highest BCUT2D eigenvalue weighted by molar-refractivity contribution is 7.17. The molecule has 1 unspecified atom stereocenters. The number of rotatable bonds is 2. The van der Waals surface area contributed by atoms with E-state index < -0.39 is 6.04 Å². The lowest BCUT2D eigenvalue weighted by Crippen LogP contribution is -2.31. The third kappa shape index (κ3) is 1.73. The Labute approximate surface area is 91.9 Å². The molecule has 1 aromatic carbocycles. The van der Waals surface area contributed by atoms with Gasteiger partial charge in [-0.1, -0.05) is 18.2 Å². The zero-order valence-corrected chi connectivity index (χ0v) is 9.17. The van der Waals surface area contributed by atoms with E-state index in [1.807, 2.05) is 29.6 Å². The van der Waals surface area contributed by atoms with Crippen LogP contribution >= 0.6 is 11.3 Å². The first-order valence-corrected chi connectivity index (χ1v) is 5.55. The van der Waals surface area contributed by atoms with Gasteiger partial charge in [0.25, 0.3) is 0 Å². The second-order valence-electron chi connectivity index (χ2n) is 3.28. The predicted octanol–water partition coefficient (Wildman–Crippen LogP) is 1.65. The van der Waals surface area contributed by atoms with Gasteiger partial charge in [-0.25, -0.2) is 0 Å². The molecule has 2 rings (SSSR count). The van der Waals surface area contributed by atoms with Gasteiger partial charge in [-0.15, -0.1) is 11.3 Å². The molecule has 0 saturated carbocycles. The Morgan fingerprint density at radius 2 is 2.20 bits per heavy atom. The van der Waals surface area contributed by atoms with E-state index in [0.29, 0.717) is 0 Å². The van der Waals surface area contributed by atoms with Gasteiger partial charge < -0.3 is 11.1 Å². The minimum absolute atomic E-state index is 0.154. The van der Waals surface area contributed by atoms with Crippen LogP contribution in [0, 0.1) is 0 Å². The first-order valence-electron chi connectivity index (χ1n) is 4.67. The lowest BCUT2D eigenvalue weighted by molar-refractivity contribution is -0.121. The van der Waals surface area contributed by atoms with Gasteiger partial charge in [-0.2, -0.15) is 0 Å². The van der Waals surface area contributed by atoms with Crippen LogP contribution in [0.1, 0.15) is 11.6 Å².